The number of aromatic nitrogens is 1. The standard InChI is InChI=1S/C19H18FN3/c20-18-6-4-14(19-17(18)2-1-8-22-19)12-23-16-5-3-13-7-9-21-11-15(13)10-16/h1-6,8,10,21,23H,7,9,11-12H2. The van der Waals surface area contributed by atoms with Crippen molar-refractivity contribution in [2.75, 3.05) is 11.9 Å². The number of anilines is 1. The average molecular weight is 307 g/mol. The van der Waals surface area contributed by atoms with E-state index in [9.17, 15) is 4.39 Å². The van der Waals surface area contributed by atoms with Gasteiger partial charge in [-0.05, 0) is 60.0 Å². The lowest BCUT2D eigenvalue weighted by atomic mass is 10.0. The maximum absolute atomic E-state index is 13.9. The lowest BCUT2D eigenvalue weighted by Gasteiger charge is -2.18. The summed E-state index contributed by atoms with van der Waals surface area (Å²) in [6.45, 7) is 2.60. The second-order valence-electron chi connectivity index (χ2n) is 5.87. The van der Waals surface area contributed by atoms with Crippen molar-refractivity contribution in [3.63, 3.8) is 0 Å². The third kappa shape index (κ3) is 2.78. The molecule has 2 N–H and O–H groups in total. The molecule has 0 fully saturated rings. The molecule has 0 unspecified atom stereocenters. The zero-order chi connectivity index (χ0) is 15.6. The van der Waals surface area contributed by atoms with Crippen LogP contribution in [-0.2, 0) is 19.5 Å². The fourth-order valence-electron chi connectivity index (χ4n) is 3.13. The molecule has 0 aliphatic carbocycles. The van der Waals surface area contributed by atoms with Crippen LogP contribution in [0.25, 0.3) is 10.9 Å². The molecule has 116 valence electrons. The predicted octanol–water partition coefficient (Wildman–Crippen LogP) is 3.63. The van der Waals surface area contributed by atoms with Gasteiger partial charge in [-0.25, -0.2) is 4.39 Å². The first-order chi connectivity index (χ1) is 11.3. The van der Waals surface area contributed by atoms with E-state index < -0.39 is 0 Å². The largest absolute Gasteiger partial charge is 0.381 e. The van der Waals surface area contributed by atoms with Crippen LogP contribution in [0.2, 0.25) is 0 Å². The summed E-state index contributed by atoms with van der Waals surface area (Å²) in [5, 5.41) is 7.40. The van der Waals surface area contributed by atoms with Crippen LogP contribution < -0.4 is 10.6 Å². The highest BCUT2D eigenvalue weighted by molar-refractivity contribution is 5.82. The average Bonchev–Trinajstić information content (AvgIpc) is 2.61. The number of pyridine rings is 1. The van der Waals surface area contributed by atoms with Crippen LogP contribution in [0.4, 0.5) is 10.1 Å². The van der Waals surface area contributed by atoms with E-state index in [0.29, 0.717) is 11.9 Å². The van der Waals surface area contributed by atoms with Gasteiger partial charge < -0.3 is 10.6 Å². The number of rotatable bonds is 3. The zero-order valence-electron chi connectivity index (χ0n) is 12.8. The van der Waals surface area contributed by atoms with Gasteiger partial charge in [0.1, 0.15) is 5.82 Å². The van der Waals surface area contributed by atoms with Gasteiger partial charge in [0.05, 0.1) is 5.52 Å². The molecule has 3 aromatic rings. The Morgan fingerprint density at radius 2 is 2.09 bits per heavy atom. The molecule has 0 spiro atoms. The third-order valence-electron chi connectivity index (χ3n) is 4.38. The van der Waals surface area contributed by atoms with Crippen molar-refractivity contribution in [1.82, 2.24) is 10.3 Å². The molecule has 23 heavy (non-hydrogen) atoms. The fraction of sp³-hybridized carbons (Fsp3) is 0.211. The van der Waals surface area contributed by atoms with Crippen LogP contribution in [-0.4, -0.2) is 11.5 Å². The summed E-state index contributed by atoms with van der Waals surface area (Å²) in [5.41, 5.74) is 5.57. The van der Waals surface area contributed by atoms with Gasteiger partial charge >= 0.3 is 0 Å². The Bertz CT molecular complexity index is 860. The Morgan fingerprint density at radius 3 is 3.04 bits per heavy atom. The number of fused-ring (bicyclic) bond motifs is 2. The molecule has 0 bridgehead atoms. The van der Waals surface area contributed by atoms with Crippen molar-refractivity contribution in [1.29, 1.82) is 0 Å². The minimum Gasteiger partial charge on any atom is -0.381 e. The van der Waals surface area contributed by atoms with Gasteiger partial charge in [-0.1, -0.05) is 12.1 Å². The first-order valence-electron chi connectivity index (χ1n) is 7.90. The highest BCUT2D eigenvalue weighted by Gasteiger charge is 2.10. The Balaban J connectivity index is 1.59. The van der Waals surface area contributed by atoms with Gasteiger partial charge in [-0.15, -0.1) is 0 Å². The third-order valence-corrected chi connectivity index (χ3v) is 4.38. The summed E-state index contributed by atoms with van der Waals surface area (Å²) >= 11 is 0. The molecule has 1 aliphatic heterocycles. The van der Waals surface area contributed by atoms with Crippen molar-refractivity contribution in [2.24, 2.45) is 0 Å². The summed E-state index contributed by atoms with van der Waals surface area (Å²) in [5.74, 6) is -0.225. The normalized spacial score (nSPS) is 13.8. The Morgan fingerprint density at radius 1 is 1.13 bits per heavy atom. The number of halogens is 1. The van der Waals surface area contributed by atoms with E-state index in [0.717, 1.165) is 36.3 Å². The monoisotopic (exact) mass is 307 g/mol. The topological polar surface area (TPSA) is 37.0 Å². The molecule has 4 rings (SSSR count). The highest BCUT2D eigenvalue weighted by atomic mass is 19.1. The molecule has 1 aliphatic rings. The number of nitrogens with zero attached hydrogens (tertiary/aromatic N) is 1. The van der Waals surface area contributed by atoms with Gasteiger partial charge in [0.25, 0.3) is 0 Å². The smallest absolute Gasteiger partial charge is 0.132 e. The molecule has 0 radical (unpaired) electrons. The quantitative estimate of drug-likeness (QED) is 0.776. The summed E-state index contributed by atoms with van der Waals surface area (Å²) in [6.07, 6.45) is 2.79. The molecular weight excluding hydrogens is 289 g/mol. The Kier molecular flexibility index (Phi) is 3.67. The van der Waals surface area contributed by atoms with E-state index in [2.05, 4.69) is 33.8 Å². The SMILES string of the molecule is Fc1ccc(CNc2ccc3c(c2)CNCC3)c2ncccc12. The molecule has 3 nitrogen and oxygen atoms in total. The van der Waals surface area contributed by atoms with E-state index in [1.807, 2.05) is 0 Å². The van der Waals surface area contributed by atoms with E-state index >= 15 is 0 Å². The van der Waals surface area contributed by atoms with E-state index in [1.54, 1.807) is 24.4 Å². The van der Waals surface area contributed by atoms with Crippen molar-refractivity contribution in [3.05, 3.63) is 71.2 Å². The molecule has 2 heterocycles. The maximum atomic E-state index is 13.9. The van der Waals surface area contributed by atoms with E-state index in [-0.39, 0.29) is 5.82 Å². The van der Waals surface area contributed by atoms with Gasteiger partial charge in [0.2, 0.25) is 0 Å². The number of nitrogens with one attached hydrogen (secondary N) is 2. The molecule has 1 aromatic heterocycles. The molecule has 0 saturated carbocycles. The van der Waals surface area contributed by atoms with Gasteiger partial charge in [-0.3, -0.25) is 4.98 Å². The lowest BCUT2D eigenvalue weighted by molar-refractivity contribution is 0.639. The second-order valence-corrected chi connectivity index (χ2v) is 5.87. The lowest BCUT2D eigenvalue weighted by Crippen LogP contribution is -2.23. The van der Waals surface area contributed by atoms with Crippen molar-refractivity contribution >= 4 is 16.6 Å². The van der Waals surface area contributed by atoms with E-state index in [1.165, 1.54) is 17.2 Å². The van der Waals surface area contributed by atoms with Crippen LogP contribution in [0.1, 0.15) is 16.7 Å². The van der Waals surface area contributed by atoms with E-state index in [4.69, 9.17) is 0 Å². The summed E-state index contributed by atoms with van der Waals surface area (Å²) < 4.78 is 13.9. The number of hydrogen-bond donors (Lipinski definition) is 2. The molecule has 2 aromatic carbocycles. The minimum atomic E-state index is -0.225. The molecule has 0 amide bonds. The Labute approximate surface area is 134 Å². The summed E-state index contributed by atoms with van der Waals surface area (Å²) in [7, 11) is 0. The first kappa shape index (κ1) is 14.2. The van der Waals surface area contributed by atoms with Gasteiger partial charge in [-0.2, -0.15) is 0 Å². The minimum absolute atomic E-state index is 0.225. The summed E-state index contributed by atoms with van der Waals surface area (Å²) in [6, 6.07) is 13.4. The highest BCUT2D eigenvalue weighted by Crippen LogP contribution is 2.22. The second kappa shape index (κ2) is 5.97. The predicted molar refractivity (Wildman–Crippen MR) is 90.9 cm³/mol. The van der Waals surface area contributed by atoms with Crippen LogP contribution in [0.5, 0.6) is 0 Å². The number of hydrogen-bond acceptors (Lipinski definition) is 3. The van der Waals surface area contributed by atoms with Crippen molar-refractivity contribution in [2.45, 2.75) is 19.5 Å². The number of benzene rings is 2. The van der Waals surface area contributed by atoms with Gasteiger partial charge in [0.15, 0.2) is 0 Å². The molecular formula is C19H18FN3. The van der Waals surface area contributed by atoms with Crippen LogP contribution in [0, 0.1) is 5.82 Å². The van der Waals surface area contributed by atoms with Crippen LogP contribution in [0.3, 0.4) is 0 Å². The van der Waals surface area contributed by atoms with Gasteiger partial charge in [0, 0.05) is 30.4 Å². The molecule has 0 atom stereocenters. The zero-order valence-corrected chi connectivity index (χ0v) is 12.8. The first-order valence-corrected chi connectivity index (χ1v) is 7.90. The van der Waals surface area contributed by atoms with Crippen LogP contribution in [0.15, 0.2) is 48.7 Å². The molecule has 0 saturated heterocycles. The fourth-order valence-corrected chi connectivity index (χ4v) is 3.13. The summed E-state index contributed by atoms with van der Waals surface area (Å²) in [4.78, 5) is 4.33. The Hall–Kier alpha value is -2.46. The van der Waals surface area contributed by atoms with Crippen molar-refractivity contribution < 1.29 is 4.39 Å². The van der Waals surface area contributed by atoms with Crippen molar-refractivity contribution in [3.8, 4) is 0 Å². The van der Waals surface area contributed by atoms with Crippen LogP contribution >= 0.6 is 0 Å². The molecule has 4 heteroatoms. The maximum Gasteiger partial charge on any atom is 0.132 e.